The Labute approximate surface area is 234 Å². The number of rotatable bonds is 6. The van der Waals surface area contributed by atoms with Crippen LogP contribution in [0.4, 0.5) is 5.69 Å². The second-order valence-corrected chi connectivity index (χ2v) is 11.2. The molecule has 1 fully saturated rings. The molecule has 0 saturated carbocycles. The minimum atomic E-state index is -3.85. The van der Waals surface area contributed by atoms with Crippen LogP contribution in [0.5, 0.6) is 11.5 Å². The number of hydrogen-bond donors (Lipinski definition) is 1. The van der Waals surface area contributed by atoms with E-state index in [1.165, 1.54) is 4.31 Å². The van der Waals surface area contributed by atoms with Crippen LogP contribution in [0, 0.1) is 18.4 Å². The Morgan fingerprint density at radius 1 is 0.875 bits per heavy atom. The van der Waals surface area contributed by atoms with E-state index < -0.39 is 16.1 Å². The van der Waals surface area contributed by atoms with Gasteiger partial charge in [-0.25, -0.2) is 8.42 Å². The molecule has 9 heteroatoms. The summed E-state index contributed by atoms with van der Waals surface area (Å²) >= 11 is 0. The SMILES string of the molecule is Cc1ccccc1N/C(=N\C#N)N1CCN(S(=O)(=O)c2ccc(Oc3ccccc3)cc2)C(c2ccccc2)C1. The Bertz CT molecular complexity index is 1620. The zero-order valence-corrected chi connectivity index (χ0v) is 22.8. The van der Waals surface area contributed by atoms with Crippen LogP contribution in [0.2, 0.25) is 0 Å². The number of benzene rings is 4. The van der Waals surface area contributed by atoms with E-state index in [0.29, 0.717) is 30.5 Å². The molecule has 40 heavy (non-hydrogen) atoms. The molecule has 1 heterocycles. The number of piperazine rings is 1. The number of anilines is 1. The van der Waals surface area contributed by atoms with Crippen LogP contribution >= 0.6 is 0 Å². The third-order valence-corrected chi connectivity index (χ3v) is 8.69. The molecule has 0 bridgehead atoms. The average Bonchev–Trinajstić information content (AvgIpc) is 2.99. The van der Waals surface area contributed by atoms with Gasteiger partial charge < -0.3 is 15.0 Å². The topological polar surface area (TPSA) is 98.0 Å². The summed E-state index contributed by atoms with van der Waals surface area (Å²) in [6.45, 7) is 2.86. The van der Waals surface area contributed by atoms with E-state index in [0.717, 1.165) is 16.8 Å². The number of para-hydroxylation sites is 2. The summed E-state index contributed by atoms with van der Waals surface area (Å²) in [5.74, 6) is 1.61. The van der Waals surface area contributed by atoms with Crippen molar-refractivity contribution in [1.82, 2.24) is 9.21 Å². The largest absolute Gasteiger partial charge is 0.457 e. The van der Waals surface area contributed by atoms with Gasteiger partial charge >= 0.3 is 0 Å². The molecule has 4 aromatic carbocycles. The summed E-state index contributed by atoms with van der Waals surface area (Å²) in [5, 5.41) is 12.7. The second kappa shape index (κ2) is 12.0. The lowest BCUT2D eigenvalue weighted by Gasteiger charge is -2.41. The number of guanidine groups is 1. The molecule has 1 unspecified atom stereocenters. The molecule has 0 aliphatic carbocycles. The van der Waals surface area contributed by atoms with Crippen LogP contribution in [-0.2, 0) is 10.0 Å². The van der Waals surface area contributed by atoms with E-state index >= 15 is 0 Å². The van der Waals surface area contributed by atoms with Crippen LogP contribution in [0.3, 0.4) is 0 Å². The first-order valence-corrected chi connectivity index (χ1v) is 14.3. The van der Waals surface area contributed by atoms with E-state index in [1.807, 2.05) is 103 Å². The summed E-state index contributed by atoms with van der Waals surface area (Å²) in [4.78, 5) is 6.17. The normalized spacial score (nSPS) is 16.2. The average molecular weight is 552 g/mol. The molecule has 0 amide bonds. The lowest BCUT2D eigenvalue weighted by molar-refractivity contribution is 0.194. The predicted molar refractivity (Wildman–Crippen MR) is 155 cm³/mol. The Hall–Kier alpha value is -4.65. The van der Waals surface area contributed by atoms with E-state index in [4.69, 9.17) is 4.74 Å². The lowest BCUT2D eigenvalue weighted by Crippen LogP contribution is -2.53. The van der Waals surface area contributed by atoms with Crippen LogP contribution in [-0.4, -0.2) is 43.2 Å². The fraction of sp³-hybridized carbons (Fsp3) is 0.161. The maximum atomic E-state index is 13.9. The molecular weight excluding hydrogens is 522 g/mol. The van der Waals surface area contributed by atoms with Crippen molar-refractivity contribution in [1.29, 1.82) is 5.26 Å². The lowest BCUT2D eigenvalue weighted by atomic mass is 10.0. The molecule has 4 aromatic rings. The molecule has 0 spiro atoms. The van der Waals surface area contributed by atoms with Crippen molar-refractivity contribution >= 4 is 21.7 Å². The summed E-state index contributed by atoms with van der Waals surface area (Å²) in [6, 6.07) is 32.6. The minimum absolute atomic E-state index is 0.186. The molecule has 1 N–H and O–H groups in total. The Kier molecular flexibility index (Phi) is 8.10. The maximum absolute atomic E-state index is 13.9. The van der Waals surface area contributed by atoms with Crippen LogP contribution in [0.25, 0.3) is 0 Å². The van der Waals surface area contributed by atoms with E-state index in [9.17, 15) is 13.7 Å². The quantitative estimate of drug-likeness (QED) is 0.185. The smallest absolute Gasteiger partial charge is 0.243 e. The van der Waals surface area contributed by atoms with Gasteiger partial charge in [-0.3, -0.25) is 0 Å². The molecule has 0 aromatic heterocycles. The highest BCUT2D eigenvalue weighted by atomic mass is 32.2. The van der Waals surface area contributed by atoms with Crippen LogP contribution < -0.4 is 10.1 Å². The minimum Gasteiger partial charge on any atom is -0.457 e. The Morgan fingerprint density at radius 3 is 2.17 bits per heavy atom. The molecule has 1 saturated heterocycles. The van der Waals surface area contributed by atoms with Gasteiger partial charge in [0.25, 0.3) is 0 Å². The molecule has 0 radical (unpaired) electrons. The highest BCUT2D eigenvalue weighted by Crippen LogP contribution is 2.33. The van der Waals surface area contributed by atoms with Crippen molar-refractivity contribution < 1.29 is 13.2 Å². The van der Waals surface area contributed by atoms with Gasteiger partial charge in [0.05, 0.1) is 10.9 Å². The number of nitrogens with one attached hydrogen (secondary N) is 1. The van der Waals surface area contributed by atoms with E-state index in [-0.39, 0.29) is 11.4 Å². The maximum Gasteiger partial charge on any atom is 0.243 e. The Balaban J connectivity index is 1.41. The number of ether oxygens (including phenoxy) is 1. The highest BCUT2D eigenvalue weighted by molar-refractivity contribution is 7.89. The van der Waals surface area contributed by atoms with Gasteiger partial charge in [-0.2, -0.15) is 9.57 Å². The fourth-order valence-electron chi connectivity index (χ4n) is 4.69. The number of hydrogen-bond acceptors (Lipinski definition) is 5. The first-order chi connectivity index (χ1) is 19.5. The zero-order valence-electron chi connectivity index (χ0n) is 22.0. The third-order valence-electron chi connectivity index (χ3n) is 6.77. The van der Waals surface area contributed by atoms with Gasteiger partial charge in [-0.05, 0) is 60.5 Å². The summed E-state index contributed by atoms with van der Waals surface area (Å²) in [5.41, 5.74) is 2.70. The molecule has 5 rings (SSSR count). The fourth-order valence-corrected chi connectivity index (χ4v) is 6.29. The van der Waals surface area contributed by atoms with Crippen LogP contribution in [0.1, 0.15) is 17.2 Å². The van der Waals surface area contributed by atoms with Crippen LogP contribution in [0.15, 0.2) is 119 Å². The van der Waals surface area contributed by atoms with E-state index in [2.05, 4.69) is 10.3 Å². The molecule has 1 aliphatic rings. The number of nitriles is 1. The van der Waals surface area contributed by atoms with Crippen molar-refractivity contribution in [2.75, 3.05) is 25.0 Å². The standard InChI is InChI=1S/C31H29N5O3S/c1-24-10-8-9-15-29(24)34-31(33-23-32)35-20-21-36(30(22-35)25-11-4-2-5-12-25)40(37,38)28-18-16-27(17-19-28)39-26-13-6-3-7-14-26/h2-19,30H,20-22H2,1H3,(H,33,34). The number of aryl methyl sites for hydroxylation is 1. The molecular formula is C31H29N5O3S. The molecule has 1 aliphatic heterocycles. The highest BCUT2D eigenvalue weighted by Gasteiger charge is 2.38. The van der Waals surface area contributed by atoms with Gasteiger partial charge in [0.1, 0.15) is 11.5 Å². The molecule has 202 valence electrons. The predicted octanol–water partition coefficient (Wildman–Crippen LogP) is 5.78. The first kappa shape index (κ1) is 26.9. The number of aliphatic imine (C=N–C) groups is 1. The zero-order chi connectivity index (χ0) is 28.0. The van der Waals surface area contributed by atoms with E-state index in [1.54, 1.807) is 24.3 Å². The molecule has 8 nitrogen and oxygen atoms in total. The van der Waals surface area contributed by atoms with Gasteiger partial charge in [0, 0.05) is 25.3 Å². The Morgan fingerprint density at radius 2 is 1.50 bits per heavy atom. The summed E-state index contributed by atoms with van der Waals surface area (Å²) in [6.07, 6.45) is 1.89. The van der Waals surface area contributed by atoms with Gasteiger partial charge in [0.15, 0.2) is 0 Å². The van der Waals surface area contributed by atoms with Crippen molar-refractivity contribution in [3.05, 3.63) is 120 Å². The van der Waals surface area contributed by atoms with Gasteiger partial charge in [0.2, 0.25) is 22.2 Å². The number of sulfonamides is 1. The van der Waals surface area contributed by atoms with Gasteiger partial charge in [-0.1, -0.05) is 66.7 Å². The van der Waals surface area contributed by atoms with Crippen molar-refractivity contribution in [3.63, 3.8) is 0 Å². The molecule has 1 atom stereocenters. The second-order valence-electron chi connectivity index (χ2n) is 9.35. The first-order valence-electron chi connectivity index (χ1n) is 12.9. The monoisotopic (exact) mass is 551 g/mol. The van der Waals surface area contributed by atoms with Gasteiger partial charge in [-0.15, -0.1) is 4.99 Å². The number of nitrogens with zero attached hydrogens (tertiary/aromatic N) is 4. The van der Waals surface area contributed by atoms with Crippen molar-refractivity contribution in [2.24, 2.45) is 4.99 Å². The third kappa shape index (κ3) is 5.99. The van der Waals surface area contributed by atoms with Crippen molar-refractivity contribution in [2.45, 2.75) is 17.9 Å². The summed E-state index contributed by atoms with van der Waals surface area (Å²) < 4.78 is 35.3. The summed E-state index contributed by atoms with van der Waals surface area (Å²) in [7, 11) is -3.85. The van der Waals surface area contributed by atoms with Crippen molar-refractivity contribution in [3.8, 4) is 17.7 Å².